The van der Waals surface area contributed by atoms with Gasteiger partial charge in [0.15, 0.2) is 22.3 Å². The van der Waals surface area contributed by atoms with Crippen molar-refractivity contribution in [2.45, 2.75) is 33.1 Å². The van der Waals surface area contributed by atoms with Crippen molar-refractivity contribution in [1.29, 1.82) is 0 Å². The standard InChI is InChI=1S/C24H29N3O6S/c1-14(2)10-19-22(23(30)33-5)26-24(34-19)25-20(28)7-9-27-8-6-15-11-17(31-3)18(32-4)12-16(15)13-21(27)29/h6,8,11-12,14H,7,9-10,13H2,1-5H3,(H,25,26,28). The molecule has 0 aliphatic carbocycles. The number of methoxy groups -OCH3 is 3. The number of nitrogens with zero attached hydrogens (tertiary/aromatic N) is 2. The van der Waals surface area contributed by atoms with Crippen LogP contribution in [0.15, 0.2) is 18.3 Å². The molecule has 2 aromatic rings. The van der Waals surface area contributed by atoms with Gasteiger partial charge < -0.3 is 24.4 Å². The molecule has 0 spiro atoms. The molecule has 1 aromatic carbocycles. The highest BCUT2D eigenvalue weighted by atomic mass is 32.1. The van der Waals surface area contributed by atoms with E-state index in [2.05, 4.69) is 10.3 Å². The topological polar surface area (TPSA) is 107 Å². The Labute approximate surface area is 202 Å². The Bertz CT molecular complexity index is 1110. The summed E-state index contributed by atoms with van der Waals surface area (Å²) in [5.74, 6) is 0.501. The second kappa shape index (κ2) is 11.1. The molecule has 0 unspecified atom stereocenters. The van der Waals surface area contributed by atoms with Crippen LogP contribution in [0.2, 0.25) is 0 Å². The molecule has 1 aliphatic heterocycles. The molecule has 34 heavy (non-hydrogen) atoms. The number of aromatic nitrogens is 1. The van der Waals surface area contributed by atoms with Crippen LogP contribution in [0.1, 0.15) is 46.8 Å². The molecule has 3 rings (SSSR count). The zero-order valence-corrected chi connectivity index (χ0v) is 20.8. The minimum absolute atomic E-state index is 0.0751. The van der Waals surface area contributed by atoms with Crippen molar-refractivity contribution in [3.05, 3.63) is 40.0 Å². The van der Waals surface area contributed by atoms with Gasteiger partial charge in [0.25, 0.3) is 0 Å². The molecular formula is C24H29N3O6S. The highest BCUT2D eigenvalue weighted by Gasteiger charge is 2.22. The van der Waals surface area contributed by atoms with Crippen molar-refractivity contribution >= 4 is 40.3 Å². The molecule has 0 atom stereocenters. The first-order chi connectivity index (χ1) is 16.2. The van der Waals surface area contributed by atoms with Gasteiger partial charge in [-0.05, 0) is 41.7 Å². The third-order valence-corrected chi connectivity index (χ3v) is 6.23. The summed E-state index contributed by atoms with van der Waals surface area (Å²) in [7, 11) is 4.41. The molecule has 0 fully saturated rings. The first-order valence-electron chi connectivity index (χ1n) is 10.9. The van der Waals surface area contributed by atoms with Crippen LogP contribution in [-0.2, 0) is 27.2 Å². The number of fused-ring (bicyclic) bond motifs is 1. The van der Waals surface area contributed by atoms with E-state index in [0.29, 0.717) is 29.0 Å². The molecule has 0 radical (unpaired) electrons. The van der Waals surface area contributed by atoms with Gasteiger partial charge in [-0.2, -0.15) is 0 Å². The van der Waals surface area contributed by atoms with Crippen LogP contribution in [0.5, 0.6) is 11.5 Å². The Kier molecular flexibility index (Phi) is 8.27. The minimum Gasteiger partial charge on any atom is -0.493 e. The van der Waals surface area contributed by atoms with Gasteiger partial charge in [0.1, 0.15) is 0 Å². The summed E-state index contributed by atoms with van der Waals surface area (Å²) >= 11 is 1.26. The zero-order chi connectivity index (χ0) is 24.8. The molecule has 1 aliphatic rings. The second-order valence-corrected chi connectivity index (χ2v) is 9.25. The van der Waals surface area contributed by atoms with Gasteiger partial charge in [-0.3, -0.25) is 9.59 Å². The predicted molar refractivity (Wildman–Crippen MR) is 129 cm³/mol. The van der Waals surface area contributed by atoms with E-state index in [1.54, 1.807) is 26.5 Å². The number of amides is 2. The van der Waals surface area contributed by atoms with Crippen molar-refractivity contribution < 1.29 is 28.6 Å². The van der Waals surface area contributed by atoms with E-state index in [4.69, 9.17) is 14.2 Å². The van der Waals surface area contributed by atoms with E-state index in [-0.39, 0.29) is 36.9 Å². The van der Waals surface area contributed by atoms with Gasteiger partial charge in [-0.25, -0.2) is 9.78 Å². The first kappa shape index (κ1) is 25.2. The summed E-state index contributed by atoms with van der Waals surface area (Å²) in [5.41, 5.74) is 1.90. The molecule has 0 saturated heterocycles. The highest BCUT2D eigenvalue weighted by molar-refractivity contribution is 7.16. The van der Waals surface area contributed by atoms with E-state index in [0.717, 1.165) is 16.0 Å². The van der Waals surface area contributed by atoms with Crippen LogP contribution in [0, 0.1) is 5.92 Å². The van der Waals surface area contributed by atoms with Crippen molar-refractivity contribution in [2.75, 3.05) is 33.2 Å². The van der Waals surface area contributed by atoms with Gasteiger partial charge >= 0.3 is 5.97 Å². The lowest BCUT2D eigenvalue weighted by Gasteiger charge is -2.16. The number of hydrogen-bond donors (Lipinski definition) is 1. The number of benzene rings is 1. The normalized spacial score (nSPS) is 12.9. The number of carbonyl (C=O) groups excluding carboxylic acids is 3. The maximum atomic E-state index is 12.8. The maximum Gasteiger partial charge on any atom is 0.357 e. The fourth-order valence-corrected chi connectivity index (χ4v) is 4.71. The fourth-order valence-electron chi connectivity index (χ4n) is 3.54. The van der Waals surface area contributed by atoms with E-state index >= 15 is 0 Å². The first-order valence-corrected chi connectivity index (χ1v) is 11.7. The molecule has 1 aromatic heterocycles. The zero-order valence-electron chi connectivity index (χ0n) is 20.0. The van der Waals surface area contributed by atoms with Crippen molar-refractivity contribution in [1.82, 2.24) is 9.88 Å². The quantitative estimate of drug-likeness (QED) is 0.539. The summed E-state index contributed by atoms with van der Waals surface area (Å²) in [4.78, 5) is 43.9. The fraction of sp³-hybridized carbons (Fsp3) is 0.417. The molecular weight excluding hydrogens is 458 g/mol. The van der Waals surface area contributed by atoms with Crippen LogP contribution < -0.4 is 14.8 Å². The molecule has 1 N–H and O–H groups in total. The lowest BCUT2D eigenvalue weighted by atomic mass is 10.0. The summed E-state index contributed by atoms with van der Waals surface area (Å²) in [6, 6.07) is 3.62. The number of carbonyl (C=O) groups is 3. The third-order valence-electron chi connectivity index (χ3n) is 5.24. The molecule has 2 amide bonds. The third kappa shape index (κ3) is 5.93. The summed E-state index contributed by atoms with van der Waals surface area (Å²) in [6.07, 6.45) is 4.40. The SMILES string of the molecule is COC(=O)c1nc(NC(=O)CCN2C=Cc3cc(OC)c(OC)cc3CC2=O)sc1CC(C)C. The number of hydrogen-bond acceptors (Lipinski definition) is 8. The Morgan fingerprint density at radius 2 is 1.88 bits per heavy atom. The maximum absolute atomic E-state index is 12.8. The van der Waals surface area contributed by atoms with Crippen LogP contribution in [-0.4, -0.2) is 55.5 Å². The minimum atomic E-state index is -0.527. The molecule has 10 heteroatoms. The molecule has 9 nitrogen and oxygen atoms in total. The van der Waals surface area contributed by atoms with Gasteiger partial charge in [-0.1, -0.05) is 13.8 Å². The van der Waals surface area contributed by atoms with Crippen LogP contribution in [0.4, 0.5) is 5.13 Å². The number of rotatable bonds is 9. The Balaban J connectivity index is 1.65. The summed E-state index contributed by atoms with van der Waals surface area (Å²) in [6.45, 7) is 4.28. The highest BCUT2D eigenvalue weighted by Crippen LogP contribution is 2.33. The van der Waals surface area contributed by atoms with Crippen LogP contribution >= 0.6 is 11.3 Å². The van der Waals surface area contributed by atoms with Crippen molar-refractivity contribution in [2.24, 2.45) is 5.92 Å². The van der Waals surface area contributed by atoms with Gasteiger partial charge in [-0.15, -0.1) is 11.3 Å². The number of anilines is 1. The van der Waals surface area contributed by atoms with Gasteiger partial charge in [0, 0.05) is 24.0 Å². The van der Waals surface area contributed by atoms with Gasteiger partial charge in [0.05, 0.1) is 27.8 Å². The Morgan fingerprint density at radius 1 is 1.18 bits per heavy atom. The largest absolute Gasteiger partial charge is 0.493 e. The van der Waals surface area contributed by atoms with Crippen LogP contribution in [0.3, 0.4) is 0 Å². The lowest BCUT2D eigenvalue weighted by Crippen LogP contribution is -2.29. The predicted octanol–water partition coefficient (Wildman–Crippen LogP) is 3.53. The molecule has 2 heterocycles. The molecule has 182 valence electrons. The smallest absolute Gasteiger partial charge is 0.357 e. The average molecular weight is 488 g/mol. The van der Waals surface area contributed by atoms with E-state index in [9.17, 15) is 14.4 Å². The van der Waals surface area contributed by atoms with E-state index < -0.39 is 5.97 Å². The van der Waals surface area contributed by atoms with E-state index in [1.165, 1.54) is 23.3 Å². The molecule has 0 saturated carbocycles. The Morgan fingerprint density at radius 3 is 2.53 bits per heavy atom. The van der Waals surface area contributed by atoms with Crippen LogP contribution in [0.25, 0.3) is 6.08 Å². The molecule has 0 bridgehead atoms. The van der Waals surface area contributed by atoms with Crippen molar-refractivity contribution in [3.63, 3.8) is 0 Å². The number of nitrogens with one attached hydrogen (secondary N) is 1. The second-order valence-electron chi connectivity index (χ2n) is 8.16. The Hall–Kier alpha value is -3.40. The number of thiazole rings is 1. The monoisotopic (exact) mass is 487 g/mol. The average Bonchev–Trinajstić information content (AvgIpc) is 3.11. The van der Waals surface area contributed by atoms with Gasteiger partial charge in [0.2, 0.25) is 11.8 Å². The van der Waals surface area contributed by atoms with E-state index in [1.807, 2.05) is 26.0 Å². The number of ether oxygens (including phenoxy) is 3. The lowest BCUT2D eigenvalue weighted by molar-refractivity contribution is -0.128. The summed E-state index contributed by atoms with van der Waals surface area (Å²) < 4.78 is 15.5. The summed E-state index contributed by atoms with van der Waals surface area (Å²) in [5, 5.41) is 3.08. The number of esters is 1. The van der Waals surface area contributed by atoms with Crippen molar-refractivity contribution in [3.8, 4) is 11.5 Å².